The number of halogens is 1. The van der Waals surface area contributed by atoms with Crippen molar-refractivity contribution < 1.29 is 27.1 Å². The van der Waals surface area contributed by atoms with Gasteiger partial charge in [0.1, 0.15) is 11.6 Å². The first kappa shape index (κ1) is 22.4. The third-order valence-electron chi connectivity index (χ3n) is 4.44. The number of amides is 1. The van der Waals surface area contributed by atoms with E-state index in [1.165, 1.54) is 13.2 Å². The van der Waals surface area contributed by atoms with Crippen LogP contribution in [0.25, 0.3) is 16.5 Å². The zero-order valence-corrected chi connectivity index (χ0v) is 18.2. The van der Waals surface area contributed by atoms with E-state index in [2.05, 4.69) is 10.0 Å². The molecule has 2 N–H and O–H groups in total. The zero-order chi connectivity index (χ0) is 21.7. The summed E-state index contributed by atoms with van der Waals surface area (Å²) < 4.78 is 44.6. The minimum atomic E-state index is -3.78. The summed E-state index contributed by atoms with van der Waals surface area (Å²) in [6.45, 7) is 2.79. The van der Waals surface area contributed by atoms with Gasteiger partial charge in [0, 0.05) is 36.2 Å². The smallest absolute Gasteiger partial charge is 0.241 e. The number of ether oxygens (including phenoxy) is 2. The number of alkyl halides is 1. The lowest BCUT2D eigenvalue weighted by Crippen LogP contribution is -2.27. The average Bonchev–Trinajstić information content (AvgIpc) is 3.37. The molecule has 0 radical (unpaired) electrons. The lowest BCUT2D eigenvalue weighted by molar-refractivity contribution is -0.118. The largest absolute Gasteiger partial charge is 0.493 e. The van der Waals surface area contributed by atoms with Crippen LogP contribution >= 0.6 is 11.6 Å². The summed E-state index contributed by atoms with van der Waals surface area (Å²) in [4.78, 5) is 11.6. The van der Waals surface area contributed by atoms with E-state index in [-0.39, 0.29) is 29.8 Å². The van der Waals surface area contributed by atoms with Crippen molar-refractivity contribution in [3.05, 3.63) is 41.8 Å². The first-order valence-corrected chi connectivity index (χ1v) is 11.4. The van der Waals surface area contributed by atoms with Gasteiger partial charge in [-0.3, -0.25) is 4.79 Å². The van der Waals surface area contributed by atoms with Crippen LogP contribution in [0.2, 0.25) is 0 Å². The maximum Gasteiger partial charge on any atom is 0.241 e. The van der Waals surface area contributed by atoms with Gasteiger partial charge in [-0.2, -0.15) is 0 Å². The van der Waals surface area contributed by atoms with Gasteiger partial charge in [-0.1, -0.05) is 6.08 Å². The second-order valence-corrected chi connectivity index (χ2v) is 8.43. The second-order valence-electron chi connectivity index (χ2n) is 6.43. The summed E-state index contributed by atoms with van der Waals surface area (Å²) in [5.74, 6) is 0.458. The van der Waals surface area contributed by atoms with Crippen LogP contribution in [-0.4, -0.2) is 47.1 Å². The summed E-state index contributed by atoms with van der Waals surface area (Å²) in [6.07, 6.45) is 4.15. The van der Waals surface area contributed by atoms with E-state index in [1.807, 2.05) is 13.0 Å². The number of carbonyl (C=O) groups excluding carboxylic acids is 1. The summed E-state index contributed by atoms with van der Waals surface area (Å²) in [5.41, 5.74) is 1.74. The number of fused-ring (bicyclic) bond motifs is 1. The van der Waals surface area contributed by atoms with Gasteiger partial charge in [-0.25, -0.2) is 13.1 Å². The lowest BCUT2D eigenvalue weighted by Gasteiger charge is -2.09. The monoisotopic (exact) mass is 454 g/mol. The van der Waals surface area contributed by atoms with Crippen molar-refractivity contribution in [2.24, 2.45) is 0 Å². The molecule has 8 nitrogen and oxygen atoms in total. The molecule has 1 heterocycles. The van der Waals surface area contributed by atoms with Crippen LogP contribution in [-0.2, 0) is 19.6 Å². The van der Waals surface area contributed by atoms with E-state index in [1.54, 1.807) is 18.2 Å². The van der Waals surface area contributed by atoms with Crippen LogP contribution in [0.5, 0.6) is 5.75 Å². The number of carbonyl (C=O) groups is 1. The second kappa shape index (κ2) is 9.65. The molecule has 0 fully saturated rings. The Morgan fingerprint density at radius 1 is 1.33 bits per heavy atom. The molecule has 0 saturated carbocycles. The molecule has 162 valence electrons. The summed E-state index contributed by atoms with van der Waals surface area (Å²) in [7, 11) is -2.30. The minimum Gasteiger partial charge on any atom is -0.493 e. The number of hydrogen-bond acceptors (Lipinski definition) is 6. The first-order chi connectivity index (χ1) is 14.4. The maximum atomic E-state index is 12.8. The molecule has 1 amide bonds. The molecule has 0 spiro atoms. The average molecular weight is 455 g/mol. The molecule has 1 aliphatic carbocycles. The Bertz CT molecular complexity index is 1100. The number of nitrogens with one attached hydrogen (secondary N) is 2. The van der Waals surface area contributed by atoms with Crippen molar-refractivity contribution >= 4 is 44.1 Å². The highest BCUT2D eigenvalue weighted by molar-refractivity contribution is 7.89. The highest BCUT2D eigenvalue weighted by atomic mass is 35.5. The Morgan fingerprint density at radius 2 is 2.13 bits per heavy atom. The van der Waals surface area contributed by atoms with Gasteiger partial charge in [-0.05, 0) is 31.2 Å². The topological polar surface area (TPSA) is 107 Å². The van der Waals surface area contributed by atoms with Crippen molar-refractivity contribution in [3.8, 4) is 5.75 Å². The SMILES string of the molecule is CCOCCNS(=O)(=O)c1ccc(OC)c2oc(C3=CCC(NC(=O)CCl)=C3)cc12. The number of hydrogen-bond donors (Lipinski definition) is 2. The molecular formula is C20H23ClN2O6S. The van der Waals surface area contributed by atoms with Crippen LogP contribution in [0.1, 0.15) is 19.1 Å². The molecule has 10 heteroatoms. The third kappa shape index (κ3) is 4.86. The van der Waals surface area contributed by atoms with Crippen LogP contribution in [0.4, 0.5) is 0 Å². The predicted octanol–water partition coefficient (Wildman–Crippen LogP) is 2.78. The van der Waals surface area contributed by atoms with Crippen molar-refractivity contribution in [3.63, 3.8) is 0 Å². The molecule has 0 aliphatic heterocycles. The Morgan fingerprint density at radius 3 is 2.83 bits per heavy atom. The molecule has 0 bridgehead atoms. The quantitative estimate of drug-likeness (QED) is 0.422. The van der Waals surface area contributed by atoms with Crippen LogP contribution in [0, 0.1) is 0 Å². The Labute approximate surface area is 179 Å². The first-order valence-electron chi connectivity index (χ1n) is 9.34. The normalized spacial score (nSPS) is 14.0. The standard InChI is InChI=1S/C20H23ClN2O6S/c1-3-28-9-8-22-30(25,26)18-7-6-16(27-2)20-15(18)11-17(29-20)13-4-5-14(10-13)23-19(24)12-21/h4,6-7,10-11,22H,3,5,8-9,12H2,1-2H3,(H,23,24). The molecule has 30 heavy (non-hydrogen) atoms. The number of allylic oxidation sites excluding steroid dienone is 3. The molecule has 3 rings (SSSR count). The molecule has 0 atom stereocenters. The van der Waals surface area contributed by atoms with E-state index >= 15 is 0 Å². The fourth-order valence-corrected chi connectivity index (χ4v) is 4.34. The molecule has 0 unspecified atom stereocenters. The predicted molar refractivity (Wildman–Crippen MR) is 114 cm³/mol. The van der Waals surface area contributed by atoms with Crippen molar-refractivity contribution in [2.45, 2.75) is 18.2 Å². The van der Waals surface area contributed by atoms with Gasteiger partial charge in [0.15, 0.2) is 11.3 Å². The molecule has 1 aliphatic rings. The van der Waals surface area contributed by atoms with Crippen LogP contribution in [0.15, 0.2) is 45.4 Å². The third-order valence-corrected chi connectivity index (χ3v) is 6.20. The van der Waals surface area contributed by atoms with Crippen molar-refractivity contribution in [1.82, 2.24) is 10.0 Å². The van der Waals surface area contributed by atoms with Gasteiger partial charge < -0.3 is 19.2 Å². The highest BCUT2D eigenvalue weighted by Gasteiger charge is 2.23. The number of sulfonamides is 1. The molecule has 0 saturated heterocycles. The maximum absolute atomic E-state index is 12.8. The molecular weight excluding hydrogens is 432 g/mol. The van der Waals surface area contributed by atoms with E-state index in [4.69, 9.17) is 25.5 Å². The van der Waals surface area contributed by atoms with E-state index in [9.17, 15) is 13.2 Å². The minimum absolute atomic E-state index is 0.0861. The summed E-state index contributed by atoms with van der Waals surface area (Å²) in [6, 6.07) is 4.69. The lowest BCUT2D eigenvalue weighted by atomic mass is 10.2. The number of furan rings is 1. The number of benzene rings is 1. The Balaban J connectivity index is 1.95. The van der Waals surface area contributed by atoms with E-state index in [0.717, 1.165) is 5.57 Å². The fraction of sp³-hybridized carbons (Fsp3) is 0.350. The van der Waals surface area contributed by atoms with Gasteiger partial charge in [0.05, 0.1) is 18.6 Å². The number of rotatable bonds is 10. The van der Waals surface area contributed by atoms with Gasteiger partial charge in [0.2, 0.25) is 15.9 Å². The van der Waals surface area contributed by atoms with Crippen LogP contribution < -0.4 is 14.8 Å². The van der Waals surface area contributed by atoms with Gasteiger partial charge >= 0.3 is 0 Å². The highest BCUT2D eigenvalue weighted by Crippen LogP contribution is 2.37. The van der Waals surface area contributed by atoms with E-state index in [0.29, 0.717) is 41.2 Å². The zero-order valence-electron chi connectivity index (χ0n) is 16.7. The van der Waals surface area contributed by atoms with Crippen molar-refractivity contribution in [2.75, 3.05) is 32.7 Å². The fourth-order valence-electron chi connectivity index (χ4n) is 3.08. The Kier molecular flexibility index (Phi) is 7.19. The number of methoxy groups -OCH3 is 1. The van der Waals surface area contributed by atoms with Crippen LogP contribution in [0.3, 0.4) is 0 Å². The van der Waals surface area contributed by atoms with Gasteiger partial charge in [0.25, 0.3) is 0 Å². The molecule has 1 aromatic carbocycles. The summed E-state index contributed by atoms with van der Waals surface area (Å²) >= 11 is 5.53. The summed E-state index contributed by atoms with van der Waals surface area (Å²) in [5, 5.41) is 3.11. The van der Waals surface area contributed by atoms with Crippen molar-refractivity contribution in [1.29, 1.82) is 0 Å². The van der Waals surface area contributed by atoms with Gasteiger partial charge in [-0.15, -0.1) is 11.6 Å². The molecule has 1 aromatic heterocycles. The Hall–Kier alpha value is -2.33. The van der Waals surface area contributed by atoms with E-state index < -0.39 is 10.0 Å². The molecule has 2 aromatic rings.